The third-order valence-corrected chi connectivity index (χ3v) is 5.31. The van der Waals surface area contributed by atoms with Gasteiger partial charge in [0.05, 0.1) is 19.7 Å². The maximum Gasteiger partial charge on any atom is 0.234 e. The number of carbonyl (C=O) groups excluding carboxylic acids is 1. The Balaban J connectivity index is 1.88. The number of carbonyl (C=O) groups is 1. The first-order chi connectivity index (χ1) is 12.5. The average Bonchev–Trinajstić information content (AvgIpc) is 3.10. The number of fused-ring (bicyclic) bond motifs is 1. The quantitative estimate of drug-likeness (QED) is 0.866. The molecular formula is C21H29N3O2. The van der Waals surface area contributed by atoms with Gasteiger partial charge in [-0.25, -0.2) is 0 Å². The predicted octanol–water partition coefficient (Wildman–Crippen LogP) is 3.06. The van der Waals surface area contributed by atoms with Crippen LogP contribution in [0, 0.1) is 5.92 Å². The van der Waals surface area contributed by atoms with Gasteiger partial charge < -0.3 is 14.6 Å². The van der Waals surface area contributed by atoms with Crippen molar-refractivity contribution in [2.24, 2.45) is 5.92 Å². The second-order valence-electron chi connectivity index (χ2n) is 7.34. The van der Waals surface area contributed by atoms with E-state index in [0.29, 0.717) is 12.5 Å². The summed E-state index contributed by atoms with van der Waals surface area (Å²) in [7, 11) is 1.70. The molecule has 0 saturated heterocycles. The maximum atomic E-state index is 12.6. The lowest BCUT2D eigenvalue weighted by molar-refractivity contribution is -0.123. The molecule has 0 saturated carbocycles. The van der Waals surface area contributed by atoms with Crippen molar-refractivity contribution in [3.05, 3.63) is 53.9 Å². The monoisotopic (exact) mass is 355 g/mol. The Morgan fingerprint density at radius 3 is 2.69 bits per heavy atom. The third-order valence-electron chi connectivity index (χ3n) is 5.31. The van der Waals surface area contributed by atoms with Gasteiger partial charge in [-0.05, 0) is 31.0 Å². The van der Waals surface area contributed by atoms with Crippen LogP contribution in [0.25, 0.3) is 0 Å². The number of rotatable bonds is 6. The summed E-state index contributed by atoms with van der Waals surface area (Å²) in [4.78, 5) is 14.9. The van der Waals surface area contributed by atoms with Crippen LogP contribution in [0.1, 0.15) is 38.1 Å². The molecule has 3 rings (SSSR count). The molecule has 2 aromatic rings. The minimum Gasteiger partial charge on any atom is -0.496 e. The summed E-state index contributed by atoms with van der Waals surface area (Å²) in [5, 5.41) is 3.13. The SMILES string of the molecule is COc1ccccc1C1c2cccn2CCN1CC(=O)NC(C)C(C)C. The highest BCUT2D eigenvalue weighted by Crippen LogP contribution is 2.36. The fourth-order valence-corrected chi connectivity index (χ4v) is 3.50. The Hall–Kier alpha value is -2.27. The van der Waals surface area contributed by atoms with Gasteiger partial charge in [-0.3, -0.25) is 9.69 Å². The molecular weight excluding hydrogens is 326 g/mol. The van der Waals surface area contributed by atoms with Gasteiger partial charge in [-0.15, -0.1) is 0 Å². The number of hydrogen-bond donors (Lipinski definition) is 1. The largest absolute Gasteiger partial charge is 0.496 e. The minimum absolute atomic E-state index is 0.00926. The van der Waals surface area contributed by atoms with Crippen molar-refractivity contribution < 1.29 is 9.53 Å². The molecule has 1 aliphatic rings. The summed E-state index contributed by atoms with van der Waals surface area (Å²) in [6, 6.07) is 12.5. The van der Waals surface area contributed by atoms with Gasteiger partial charge in [0.1, 0.15) is 5.75 Å². The number of hydrogen-bond acceptors (Lipinski definition) is 3. The van der Waals surface area contributed by atoms with Crippen LogP contribution in [0.15, 0.2) is 42.6 Å². The molecule has 0 radical (unpaired) electrons. The van der Waals surface area contributed by atoms with Crippen molar-refractivity contribution in [2.75, 3.05) is 20.2 Å². The number of para-hydroxylation sites is 1. The molecule has 26 heavy (non-hydrogen) atoms. The molecule has 0 bridgehead atoms. The topological polar surface area (TPSA) is 46.5 Å². The molecule has 1 N–H and O–H groups in total. The number of nitrogens with one attached hydrogen (secondary N) is 1. The first-order valence-corrected chi connectivity index (χ1v) is 9.32. The second-order valence-corrected chi connectivity index (χ2v) is 7.34. The van der Waals surface area contributed by atoms with Gasteiger partial charge in [-0.1, -0.05) is 32.0 Å². The van der Waals surface area contributed by atoms with Crippen LogP contribution < -0.4 is 10.1 Å². The molecule has 0 fully saturated rings. The molecule has 0 spiro atoms. The van der Waals surface area contributed by atoms with Crippen molar-refractivity contribution in [1.29, 1.82) is 0 Å². The average molecular weight is 355 g/mol. The standard InChI is InChI=1S/C21H29N3O2/c1-15(2)16(3)22-20(25)14-24-13-12-23-11-7-9-18(23)21(24)17-8-5-6-10-19(17)26-4/h5-11,15-16,21H,12-14H2,1-4H3,(H,22,25). The highest BCUT2D eigenvalue weighted by atomic mass is 16.5. The number of methoxy groups -OCH3 is 1. The van der Waals surface area contributed by atoms with E-state index in [1.807, 2.05) is 18.2 Å². The molecule has 0 aliphatic carbocycles. The molecule has 2 heterocycles. The summed E-state index contributed by atoms with van der Waals surface area (Å²) in [5.74, 6) is 1.35. The van der Waals surface area contributed by atoms with E-state index in [9.17, 15) is 4.79 Å². The Morgan fingerprint density at radius 1 is 1.19 bits per heavy atom. The number of ether oxygens (including phenoxy) is 1. The molecule has 140 valence electrons. The zero-order valence-electron chi connectivity index (χ0n) is 16.1. The van der Waals surface area contributed by atoms with Crippen molar-refractivity contribution in [3.8, 4) is 5.75 Å². The number of amides is 1. The summed E-state index contributed by atoms with van der Waals surface area (Å²) < 4.78 is 7.87. The van der Waals surface area contributed by atoms with E-state index >= 15 is 0 Å². The molecule has 2 atom stereocenters. The van der Waals surface area contributed by atoms with Crippen LogP contribution >= 0.6 is 0 Å². The molecule has 2 unspecified atom stereocenters. The van der Waals surface area contributed by atoms with E-state index in [-0.39, 0.29) is 18.0 Å². The highest BCUT2D eigenvalue weighted by molar-refractivity contribution is 5.78. The molecule has 5 heteroatoms. The Bertz CT molecular complexity index is 753. The lowest BCUT2D eigenvalue weighted by Crippen LogP contribution is -2.47. The van der Waals surface area contributed by atoms with Gasteiger partial charge in [-0.2, -0.15) is 0 Å². The lowest BCUT2D eigenvalue weighted by atomic mass is 9.98. The Morgan fingerprint density at radius 2 is 1.96 bits per heavy atom. The normalized spacial score (nSPS) is 18.4. The zero-order valence-corrected chi connectivity index (χ0v) is 16.1. The van der Waals surface area contributed by atoms with E-state index in [1.54, 1.807) is 7.11 Å². The zero-order chi connectivity index (χ0) is 18.7. The molecule has 1 aromatic carbocycles. The van der Waals surface area contributed by atoms with Gasteiger partial charge in [0.2, 0.25) is 5.91 Å². The molecule has 1 amide bonds. The fourth-order valence-electron chi connectivity index (χ4n) is 3.50. The smallest absolute Gasteiger partial charge is 0.234 e. The molecule has 1 aliphatic heterocycles. The Kier molecular flexibility index (Phi) is 5.67. The fraction of sp³-hybridized carbons (Fsp3) is 0.476. The van der Waals surface area contributed by atoms with Gasteiger partial charge >= 0.3 is 0 Å². The van der Waals surface area contributed by atoms with E-state index in [1.165, 1.54) is 5.69 Å². The van der Waals surface area contributed by atoms with Crippen molar-refractivity contribution in [2.45, 2.75) is 39.4 Å². The number of benzene rings is 1. The van der Waals surface area contributed by atoms with Gasteiger partial charge in [0, 0.05) is 36.6 Å². The van der Waals surface area contributed by atoms with Gasteiger partial charge in [0.25, 0.3) is 0 Å². The summed E-state index contributed by atoms with van der Waals surface area (Å²) in [6.07, 6.45) is 2.11. The van der Waals surface area contributed by atoms with E-state index in [4.69, 9.17) is 4.74 Å². The minimum atomic E-state index is 0.00926. The predicted molar refractivity (Wildman–Crippen MR) is 103 cm³/mol. The summed E-state index contributed by atoms with van der Waals surface area (Å²) in [5.41, 5.74) is 2.30. The first-order valence-electron chi connectivity index (χ1n) is 9.32. The highest BCUT2D eigenvalue weighted by Gasteiger charge is 2.32. The molecule has 1 aromatic heterocycles. The number of aromatic nitrogens is 1. The second kappa shape index (κ2) is 7.96. The number of nitrogens with zero attached hydrogens (tertiary/aromatic N) is 2. The van der Waals surface area contributed by atoms with Crippen LogP contribution in [0.2, 0.25) is 0 Å². The molecule has 5 nitrogen and oxygen atoms in total. The maximum absolute atomic E-state index is 12.6. The third kappa shape index (κ3) is 3.78. The van der Waals surface area contributed by atoms with Crippen molar-refractivity contribution in [3.63, 3.8) is 0 Å². The van der Waals surface area contributed by atoms with E-state index < -0.39 is 0 Å². The van der Waals surface area contributed by atoms with Crippen LogP contribution in [-0.4, -0.2) is 41.6 Å². The Labute approximate surface area is 156 Å². The summed E-state index contributed by atoms with van der Waals surface area (Å²) >= 11 is 0. The van der Waals surface area contributed by atoms with E-state index in [2.05, 4.69) is 60.0 Å². The summed E-state index contributed by atoms with van der Waals surface area (Å²) in [6.45, 7) is 8.40. The van der Waals surface area contributed by atoms with Gasteiger partial charge in [0.15, 0.2) is 0 Å². The van der Waals surface area contributed by atoms with Crippen molar-refractivity contribution in [1.82, 2.24) is 14.8 Å². The lowest BCUT2D eigenvalue weighted by Gasteiger charge is -2.37. The van der Waals surface area contributed by atoms with E-state index in [0.717, 1.165) is 24.4 Å². The first kappa shape index (κ1) is 18.5. The van der Waals surface area contributed by atoms with Crippen LogP contribution in [-0.2, 0) is 11.3 Å². The van der Waals surface area contributed by atoms with Crippen molar-refractivity contribution >= 4 is 5.91 Å². The van der Waals surface area contributed by atoms with Crippen LogP contribution in [0.4, 0.5) is 0 Å². The van der Waals surface area contributed by atoms with Crippen LogP contribution in [0.5, 0.6) is 5.75 Å². The van der Waals surface area contributed by atoms with Crippen LogP contribution in [0.3, 0.4) is 0 Å².